The molecule has 2 rings (SSSR count). The maximum Gasteiger partial charge on any atom is 0.308 e. The molecule has 0 aliphatic heterocycles. The third-order valence-electron chi connectivity index (χ3n) is 4.52. The van der Waals surface area contributed by atoms with E-state index < -0.39 is 6.04 Å². The summed E-state index contributed by atoms with van der Waals surface area (Å²) < 4.78 is 10.3. The fourth-order valence-corrected chi connectivity index (χ4v) is 2.79. The Labute approximate surface area is 166 Å². The van der Waals surface area contributed by atoms with Crippen LogP contribution in [0.5, 0.6) is 5.75 Å². The van der Waals surface area contributed by atoms with Crippen LogP contribution in [0.25, 0.3) is 0 Å². The number of carbonyl (C=O) groups excluding carboxylic acids is 2. The molecule has 6 heteroatoms. The summed E-state index contributed by atoms with van der Waals surface area (Å²) in [5.41, 5.74) is 2.35. The Morgan fingerprint density at radius 3 is 2.43 bits per heavy atom. The minimum Gasteiger partial charge on any atom is -0.497 e. The van der Waals surface area contributed by atoms with Crippen molar-refractivity contribution in [2.45, 2.75) is 26.3 Å². The van der Waals surface area contributed by atoms with Crippen LogP contribution in [-0.2, 0) is 9.53 Å². The molecule has 1 N–H and O–H groups in total. The highest BCUT2D eigenvalue weighted by atomic mass is 16.5. The van der Waals surface area contributed by atoms with E-state index in [1.165, 1.54) is 0 Å². The zero-order valence-corrected chi connectivity index (χ0v) is 16.9. The van der Waals surface area contributed by atoms with Gasteiger partial charge < -0.3 is 19.7 Å². The Morgan fingerprint density at radius 2 is 1.82 bits per heavy atom. The minimum absolute atomic E-state index is 0.0450. The molecular weight excluding hydrogens is 356 g/mol. The van der Waals surface area contributed by atoms with Gasteiger partial charge in [0.15, 0.2) is 0 Å². The Bertz CT molecular complexity index is 789. The molecule has 0 bridgehead atoms. The quantitative estimate of drug-likeness (QED) is 0.670. The summed E-state index contributed by atoms with van der Waals surface area (Å²) in [6.45, 7) is 4.99. The van der Waals surface area contributed by atoms with Crippen molar-refractivity contribution in [2.75, 3.05) is 32.2 Å². The number of esters is 1. The first-order valence-corrected chi connectivity index (χ1v) is 9.40. The molecule has 1 unspecified atom stereocenters. The first-order valence-electron chi connectivity index (χ1n) is 9.40. The molecule has 1 amide bonds. The van der Waals surface area contributed by atoms with E-state index in [0.717, 1.165) is 17.8 Å². The van der Waals surface area contributed by atoms with E-state index in [-0.39, 0.29) is 18.3 Å². The standard InChI is InChI=1S/C22H28N2O4/c1-5-24(3)18-12-10-16(11-13-18)22(26)23-20(15-21(25)28-6-2)17-8-7-9-19(14-17)27-4/h7-14,20H,5-6,15H2,1-4H3,(H,23,26). The van der Waals surface area contributed by atoms with Crippen LogP contribution in [0.4, 0.5) is 5.69 Å². The van der Waals surface area contributed by atoms with Crippen LogP contribution in [0.3, 0.4) is 0 Å². The van der Waals surface area contributed by atoms with Crippen LogP contribution in [0.15, 0.2) is 48.5 Å². The van der Waals surface area contributed by atoms with Gasteiger partial charge in [0.1, 0.15) is 5.75 Å². The highest BCUT2D eigenvalue weighted by Gasteiger charge is 2.20. The van der Waals surface area contributed by atoms with E-state index in [4.69, 9.17) is 9.47 Å². The molecule has 0 aromatic heterocycles. The first kappa shape index (κ1) is 21.3. The molecule has 2 aromatic carbocycles. The molecule has 0 radical (unpaired) electrons. The van der Waals surface area contributed by atoms with Gasteiger partial charge >= 0.3 is 5.97 Å². The van der Waals surface area contributed by atoms with Crippen molar-refractivity contribution in [1.29, 1.82) is 0 Å². The van der Waals surface area contributed by atoms with E-state index in [0.29, 0.717) is 17.9 Å². The van der Waals surface area contributed by atoms with Gasteiger partial charge in [0.2, 0.25) is 0 Å². The zero-order valence-electron chi connectivity index (χ0n) is 16.9. The van der Waals surface area contributed by atoms with E-state index in [2.05, 4.69) is 17.1 Å². The molecular formula is C22H28N2O4. The molecule has 0 aliphatic rings. The van der Waals surface area contributed by atoms with Crippen LogP contribution >= 0.6 is 0 Å². The van der Waals surface area contributed by atoms with E-state index in [1.54, 1.807) is 26.2 Å². The molecule has 0 spiro atoms. The van der Waals surface area contributed by atoms with Crippen molar-refractivity contribution in [1.82, 2.24) is 5.32 Å². The second-order valence-electron chi connectivity index (χ2n) is 6.37. The predicted molar refractivity (Wildman–Crippen MR) is 110 cm³/mol. The maximum atomic E-state index is 12.8. The number of methoxy groups -OCH3 is 1. The zero-order chi connectivity index (χ0) is 20.5. The van der Waals surface area contributed by atoms with Gasteiger partial charge in [-0.25, -0.2) is 0 Å². The van der Waals surface area contributed by atoms with Gasteiger partial charge in [-0.3, -0.25) is 9.59 Å². The molecule has 28 heavy (non-hydrogen) atoms. The molecule has 6 nitrogen and oxygen atoms in total. The van der Waals surface area contributed by atoms with Crippen molar-refractivity contribution >= 4 is 17.6 Å². The van der Waals surface area contributed by atoms with Crippen molar-refractivity contribution in [3.8, 4) is 5.75 Å². The second-order valence-corrected chi connectivity index (χ2v) is 6.37. The van der Waals surface area contributed by atoms with Gasteiger partial charge in [-0.1, -0.05) is 12.1 Å². The number of hydrogen-bond acceptors (Lipinski definition) is 5. The summed E-state index contributed by atoms with van der Waals surface area (Å²) in [6.07, 6.45) is 0.0450. The molecule has 0 saturated carbocycles. The minimum atomic E-state index is -0.514. The number of anilines is 1. The third kappa shape index (κ3) is 5.74. The lowest BCUT2D eigenvalue weighted by Crippen LogP contribution is -2.30. The summed E-state index contributed by atoms with van der Waals surface area (Å²) in [5.74, 6) is 0.0471. The summed E-state index contributed by atoms with van der Waals surface area (Å²) in [5, 5.41) is 2.94. The van der Waals surface area contributed by atoms with Gasteiger partial charge in [-0.2, -0.15) is 0 Å². The van der Waals surface area contributed by atoms with Crippen LogP contribution in [-0.4, -0.2) is 39.2 Å². The van der Waals surface area contributed by atoms with E-state index >= 15 is 0 Å². The SMILES string of the molecule is CCOC(=O)CC(NC(=O)c1ccc(N(C)CC)cc1)c1cccc(OC)c1. The third-order valence-corrected chi connectivity index (χ3v) is 4.52. The lowest BCUT2D eigenvalue weighted by Gasteiger charge is -2.20. The second kappa shape index (κ2) is 10.3. The van der Waals surface area contributed by atoms with Gasteiger partial charge in [-0.05, 0) is 55.8 Å². The van der Waals surface area contributed by atoms with E-state index in [1.807, 2.05) is 43.4 Å². The van der Waals surface area contributed by atoms with Gasteiger partial charge in [-0.15, -0.1) is 0 Å². The summed E-state index contributed by atoms with van der Waals surface area (Å²) in [4.78, 5) is 26.9. The Balaban J connectivity index is 2.20. The molecule has 0 aliphatic carbocycles. The molecule has 0 saturated heterocycles. The summed E-state index contributed by atoms with van der Waals surface area (Å²) in [6, 6.07) is 14.2. The number of ether oxygens (including phenoxy) is 2. The number of nitrogens with zero attached hydrogens (tertiary/aromatic N) is 1. The first-order chi connectivity index (χ1) is 13.5. The average molecular weight is 384 g/mol. The number of benzene rings is 2. The Kier molecular flexibility index (Phi) is 7.87. The lowest BCUT2D eigenvalue weighted by atomic mass is 10.0. The predicted octanol–water partition coefficient (Wildman–Crippen LogP) is 3.58. The number of hydrogen-bond donors (Lipinski definition) is 1. The number of nitrogens with one attached hydrogen (secondary N) is 1. The van der Waals surface area contributed by atoms with Gasteiger partial charge in [0, 0.05) is 24.8 Å². The molecule has 2 aromatic rings. The van der Waals surface area contributed by atoms with Crippen LogP contribution in [0.2, 0.25) is 0 Å². The lowest BCUT2D eigenvalue weighted by molar-refractivity contribution is -0.143. The molecule has 1 atom stereocenters. The van der Waals surface area contributed by atoms with E-state index in [9.17, 15) is 9.59 Å². The van der Waals surface area contributed by atoms with Crippen molar-refractivity contribution in [3.05, 3.63) is 59.7 Å². The maximum absolute atomic E-state index is 12.8. The highest BCUT2D eigenvalue weighted by Crippen LogP contribution is 2.23. The average Bonchev–Trinajstić information content (AvgIpc) is 2.73. The largest absolute Gasteiger partial charge is 0.497 e. The highest BCUT2D eigenvalue weighted by molar-refractivity contribution is 5.95. The fourth-order valence-electron chi connectivity index (χ4n) is 2.79. The van der Waals surface area contributed by atoms with Crippen molar-refractivity contribution in [2.24, 2.45) is 0 Å². The molecule has 150 valence electrons. The van der Waals surface area contributed by atoms with Crippen LogP contribution in [0.1, 0.15) is 42.2 Å². The van der Waals surface area contributed by atoms with Gasteiger partial charge in [0.05, 0.1) is 26.2 Å². The number of rotatable bonds is 9. The van der Waals surface area contributed by atoms with Crippen LogP contribution < -0.4 is 15.0 Å². The monoisotopic (exact) mass is 384 g/mol. The normalized spacial score (nSPS) is 11.4. The van der Waals surface area contributed by atoms with Gasteiger partial charge in [0.25, 0.3) is 5.91 Å². The van der Waals surface area contributed by atoms with Crippen molar-refractivity contribution < 1.29 is 19.1 Å². The molecule has 0 fully saturated rings. The number of amides is 1. The van der Waals surface area contributed by atoms with Crippen LogP contribution in [0, 0.1) is 0 Å². The fraction of sp³-hybridized carbons (Fsp3) is 0.364. The molecule has 0 heterocycles. The smallest absolute Gasteiger partial charge is 0.308 e. The topological polar surface area (TPSA) is 67.9 Å². The summed E-state index contributed by atoms with van der Waals surface area (Å²) >= 11 is 0. The number of carbonyl (C=O) groups is 2. The Morgan fingerprint density at radius 1 is 1.11 bits per heavy atom. The summed E-state index contributed by atoms with van der Waals surface area (Å²) in [7, 11) is 3.57. The van der Waals surface area contributed by atoms with Crippen molar-refractivity contribution in [3.63, 3.8) is 0 Å². The Hall–Kier alpha value is -3.02.